The number of likely N-dealkylation sites (N-methyl/N-ethyl adjacent to an activating group) is 1. The fourth-order valence-electron chi connectivity index (χ4n) is 4.48. The molecule has 2 aliphatic heterocycles. The summed E-state index contributed by atoms with van der Waals surface area (Å²) < 4.78 is 17.2. The van der Waals surface area contributed by atoms with Gasteiger partial charge in [-0.1, -0.05) is 24.3 Å². The van der Waals surface area contributed by atoms with Crippen LogP contribution < -0.4 is 20.1 Å². The molecule has 0 amide bonds. The van der Waals surface area contributed by atoms with E-state index in [2.05, 4.69) is 19.2 Å². The number of quaternary nitrogens is 1. The molecule has 3 N–H and O–H groups in total. The summed E-state index contributed by atoms with van der Waals surface area (Å²) in [4.78, 5) is 1.32. The molecule has 2 atom stereocenters. The van der Waals surface area contributed by atoms with Crippen molar-refractivity contribution < 1.29 is 19.1 Å². The minimum atomic E-state index is -0.242. The number of nitrogens with zero attached hydrogens (tertiary/aromatic N) is 1. The van der Waals surface area contributed by atoms with E-state index in [1.165, 1.54) is 4.90 Å². The van der Waals surface area contributed by atoms with Crippen LogP contribution in [0.2, 0.25) is 0 Å². The zero-order chi connectivity index (χ0) is 23.4. The van der Waals surface area contributed by atoms with Crippen LogP contribution >= 0.6 is 0 Å². The van der Waals surface area contributed by atoms with E-state index < -0.39 is 0 Å². The van der Waals surface area contributed by atoms with Crippen LogP contribution in [-0.2, 0) is 4.74 Å². The van der Waals surface area contributed by atoms with Crippen molar-refractivity contribution >= 4 is 6.08 Å². The number of nitrogens with one attached hydrogen (secondary N) is 1. The van der Waals surface area contributed by atoms with Gasteiger partial charge >= 0.3 is 0 Å². The summed E-state index contributed by atoms with van der Waals surface area (Å²) in [6.07, 6.45) is 2.13. The van der Waals surface area contributed by atoms with Crippen LogP contribution in [0.4, 0.5) is 0 Å². The van der Waals surface area contributed by atoms with Gasteiger partial charge in [0.2, 0.25) is 5.88 Å². The fraction of sp³-hybridized carbons (Fsp3) is 0.296. The van der Waals surface area contributed by atoms with Gasteiger partial charge in [-0.15, -0.1) is 0 Å². The third kappa shape index (κ3) is 4.74. The first-order valence-electron chi connectivity index (χ1n) is 11.3. The van der Waals surface area contributed by atoms with Crippen molar-refractivity contribution in [3.63, 3.8) is 0 Å². The van der Waals surface area contributed by atoms with E-state index in [0.717, 1.165) is 52.6 Å². The summed E-state index contributed by atoms with van der Waals surface area (Å²) in [5.41, 5.74) is 10.9. The van der Waals surface area contributed by atoms with Gasteiger partial charge in [0, 0.05) is 11.1 Å². The molecule has 0 bridgehead atoms. The molecule has 6 nitrogen and oxygen atoms in total. The van der Waals surface area contributed by atoms with Gasteiger partial charge in [0.05, 0.1) is 26.2 Å². The van der Waals surface area contributed by atoms with E-state index in [1.54, 1.807) is 0 Å². The molecule has 2 aromatic rings. The molecule has 33 heavy (non-hydrogen) atoms. The van der Waals surface area contributed by atoms with Gasteiger partial charge in [-0.05, 0) is 55.3 Å². The molecule has 0 aliphatic carbocycles. The normalized spacial score (nSPS) is 21.3. The second-order valence-corrected chi connectivity index (χ2v) is 8.26. The molecule has 6 heteroatoms. The van der Waals surface area contributed by atoms with E-state index in [0.29, 0.717) is 18.8 Å². The van der Waals surface area contributed by atoms with Crippen molar-refractivity contribution in [3.8, 4) is 17.6 Å². The van der Waals surface area contributed by atoms with Crippen LogP contribution in [0.25, 0.3) is 6.08 Å². The molecule has 0 aromatic heterocycles. The lowest BCUT2D eigenvalue weighted by atomic mass is 9.80. The highest BCUT2D eigenvalue weighted by molar-refractivity contribution is 5.62. The lowest BCUT2D eigenvalue weighted by Gasteiger charge is -2.35. The highest BCUT2D eigenvalue weighted by Crippen LogP contribution is 2.41. The number of allylic oxidation sites excluding steroid dienone is 1. The van der Waals surface area contributed by atoms with E-state index >= 15 is 0 Å². The van der Waals surface area contributed by atoms with Crippen LogP contribution in [-0.4, -0.2) is 33.4 Å². The van der Waals surface area contributed by atoms with Crippen molar-refractivity contribution in [1.29, 1.82) is 5.26 Å². The van der Waals surface area contributed by atoms with Crippen LogP contribution in [0, 0.1) is 11.3 Å². The first kappa shape index (κ1) is 22.5. The smallest absolute Gasteiger partial charge is 0.205 e. The number of nitrogens with two attached hydrogens (primary N) is 1. The summed E-state index contributed by atoms with van der Waals surface area (Å²) in [5.74, 6) is 2.37. The first-order valence-corrected chi connectivity index (χ1v) is 11.3. The highest BCUT2D eigenvalue weighted by atomic mass is 16.5. The second kappa shape index (κ2) is 9.85. The Hall–Kier alpha value is -3.69. The Bertz CT molecular complexity index is 1140. The maximum atomic E-state index is 9.91. The van der Waals surface area contributed by atoms with Crippen LogP contribution in [0.15, 0.2) is 76.9 Å². The van der Waals surface area contributed by atoms with E-state index in [-0.39, 0.29) is 11.8 Å². The molecule has 2 heterocycles. The Morgan fingerprint density at radius 2 is 1.64 bits per heavy atom. The van der Waals surface area contributed by atoms with Crippen LogP contribution in [0.5, 0.6) is 11.5 Å². The largest absolute Gasteiger partial charge is 0.494 e. The van der Waals surface area contributed by atoms with Gasteiger partial charge in [0.25, 0.3) is 0 Å². The van der Waals surface area contributed by atoms with Crippen molar-refractivity contribution in [1.82, 2.24) is 0 Å². The number of rotatable bonds is 6. The molecule has 2 aromatic carbocycles. The summed E-state index contributed by atoms with van der Waals surface area (Å²) in [6.45, 7) is 6.75. The predicted octanol–water partition coefficient (Wildman–Crippen LogP) is 3.16. The number of hydrogen-bond donors (Lipinski definition) is 2. The second-order valence-electron chi connectivity index (χ2n) is 8.26. The number of nitriles is 1. The zero-order valence-electron chi connectivity index (χ0n) is 19.4. The number of ether oxygens (including phenoxy) is 3. The maximum Gasteiger partial charge on any atom is 0.205 e. The lowest BCUT2D eigenvalue weighted by molar-refractivity contribution is -0.871. The monoisotopic (exact) mass is 444 g/mol. The van der Waals surface area contributed by atoms with E-state index in [4.69, 9.17) is 19.9 Å². The van der Waals surface area contributed by atoms with Gasteiger partial charge in [-0.2, -0.15) is 5.26 Å². The van der Waals surface area contributed by atoms with Crippen molar-refractivity contribution in [3.05, 3.63) is 88.0 Å². The Morgan fingerprint density at radius 3 is 2.21 bits per heavy atom. The van der Waals surface area contributed by atoms with E-state index in [9.17, 15) is 5.26 Å². The molecule has 0 fully saturated rings. The Kier molecular flexibility index (Phi) is 6.71. The quantitative estimate of drug-likeness (QED) is 0.715. The predicted molar refractivity (Wildman–Crippen MR) is 127 cm³/mol. The first-order chi connectivity index (χ1) is 16.0. The van der Waals surface area contributed by atoms with Crippen molar-refractivity contribution in [2.24, 2.45) is 5.73 Å². The minimum absolute atomic E-state index is 0.173. The zero-order valence-corrected chi connectivity index (χ0v) is 19.4. The molecule has 2 aliphatic rings. The topological polar surface area (TPSA) is 81.9 Å². The molecule has 170 valence electrons. The third-order valence-corrected chi connectivity index (χ3v) is 5.86. The molecule has 0 spiro atoms. The minimum Gasteiger partial charge on any atom is -0.494 e. The van der Waals surface area contributed by atoms with Gasteiger partial charge in [0.15, 0.2) is 0 Å². The SMILES string of the molecule is CCOc1ccc(/C=C2\C[NH+](C)CC3=C2OC(N)=C(C#N)C3c2ccc(OCC)cc2)cc1. The number of benzene rings is 2. The molecule has 0 saturated heterocycles. The van der Waals surface area contributed by atoms with Gasteiger partial charge in [0.1, 0.15) is 42.0 Å². The summed E-state index contributed by atoms with van der Waals surface area (Å²) >= 11 is 0. The maximum absolute atomic E-state index is 9.91. The van der Waals surface area contributed by atoms with Crippen LogP contribution in [0.3, 0.4) is 0 Å². The highest BCUT2D eigenvalue weighted by Gasteiger charge is 2.38. The molecule has 0 saturated carbocycles. The molecular weight excluding hydrogens is 414 g/mol. The Labute approximate surface area is 195 Å². The standard InChI is InChI=1S/C27H29N3O3/c1-4-31-21-10-6-18(7-11-21)14-20-16-30(3)17-24-25(23(15-28)27(29)33-26(20)24)19-8-12-22(13-9-19)32-5-2/h6-14,25H,4-5,16-17,29H2,1-3H3/p+1/b20-14+. The molecular formula is C27H30N3O3+. The lowest BCUT2D eigenvalue weighted by Crippen LogP contribution is -3.10. The molecule has 4 rings (SSSR count). The Balaban J connectivity index is 1.76. The summed E-state index contributed by atoms with van der Waals surface area (Å²) in [7, 11) is 2.15. The number of hydrogen-bond acceptors (Lipinski definition) is 5. The molecule has 0 radical (unpaired) electrons. The summed E-state index contributed by atoms with van der Waals surface area (Å²) in [5, 5.41) is 9.91. The third-order valence-electron chi connectivity index (χ3n) is 5.86. The molecule has 2 unspecified atom stereocenters. The van der Waals surface area contributed by atoms with Gasteiger partial charge in [-0.3, -0.25) is 0 Å². The van der Waals surface area contributed by atoms with Crippen LogP contribution in [0.1, 0.15) is 30.9 Å². The van der Waals surface area contributed by atoms with Gasteiger partial charge < -0.3 is 24.8 Å². The average molecular weight is 445 g/mol. The average Bonchev–Trinajstić information content (AvgIpc) is 2.81. The summed E-state index contributed by atoms with van der Waals surface area (Å²) in [6, 6.07) is 18.2. The van der Waals surface area contributed by atoms with Crippen molar-refractivity contribution in [2.75, 3.05) is 33.4 Å². The van der Waals surface area contributed by atoms with Crippen molar-refractivity contribution in [2.45, 2.75) is 19.8 Å². The van der Waals surface area contributed by atoms with Gasteiger partial charge in [-0.25, -0.2) is 0 Å². The van der Waals surface area contributed by atoms with E-state index in [1.807, 2.05) is 62.4 Å². The Morgan fingerprint density at radius 1 is 1.03 bits per heavy atom. The fourth-order valence-corrected chi connectivity index (χ4v) is 4.48.